The van der Waals surface area contributed by atoms with E-state index in [2.05, 4.69) is 116 Å². The normalized spacial score (nSPS) is 16.7. The van der Waals surface area contributed by atoms with Crippen molar-refractivity contribution < 1.29 is 66.8 Å². The first-order valence-corrected chi connectivity index (χ1v) is 38.4. The average molecular weight is 1370 g/mol. The van der Waals surface area contributed by atoms with Crippen LogP contribution in [0.4, 0.5) is 17.2 Å². The minimum atomic E-state index is -4.67. The maximum Gasteiger partial charge on any atom is 0.374 e. The van der Waals surface area contributed by atoms with Crippen LogP contribution in [0.15, 0.2) is 170 Å². The van der Waals surface area contributed by atoms with Crippen LogP contribution in [0.2, 0.25) is 0 Å². The molecule has 5 heterocycles. The van der Waals surface area contributed by atoms with Crippen LogP contribution in [0.25, 0.3) is 39.0 Å². The number of thiazole rings is 1. The first kappa shape index (κ1) is 70.0. The molecule has 0 radical (unpaired) electrons. The summed E-state index contributed by atoms with van der Waals surface area (Å²) in [6.07, 6.45) is 14.3. The lowest BCUT2D eigenvalue weighted by molar-refractivity contribution is -0.919. The van der Waals surface area contributed by atoms with Gasteiger partial charge in [0, 0.05) is 117 Å². The number of anilines is 2. The summed E-state index contributed by atoms with van der Waals surface area (Å²) >= 11 is 3.01. The molecule has 492 valence electrons. The molecular formula is C67H84N8O11S6+2. The van der Waals surface area contributed by atoms with E-state index in [1.165, 1.54) is 64.6 Å². The van der Waals surface area contributed by atoms with E-state index in [-0.39, 0.29) is 22.0 Å². The van der Waals surface area contributed by atoms with Crippen LogP contribution in [0.3, 0.4) is 0 Å². The molecule has 19 nitrogen and oxygen atoms in total. The number of fused-ring (bicyclic) bond motifs is 4. The van der Waals surface area contributed by atoms with Crippen molar-refractivity contribution in [3.05, 3.63) is 167 Å². The van der Waals surface area contributed by atoms with E-state index in [1.54, 1.807) is 40.3 Å². The number of thioether (sulfide) groups is 1. The third-order valence-corrected chi connectivity index (χ3v) is 24.6. The van der Waals surface area contributed by atoms with Gasteiger partial charge in [-0.3, -0.25) is 0 Å². The minimum absolute atomic E-state index is 0.134. The maximum absolute atomic E-state index is 13.4. The zero-order valence-electron chi connectivity index (χ0n) is 53.5. The quantitative estimate of drug-likeness (QED) is 0.0225. The van der Waals surface area contributed by atoms with Crippen LogP contribution in [-0.4, -0.2) is 137 Å². The topological polar surface area (TPSA) is 233 Å². The van der Waals surface area contributed by atoms with Crippen LogP contribution in [0.5, 0.6) is 0 Å². The molecule has 2 aromatic heterocycles. The Morgan fingerprint density at radius 2 is 1.45 bits per heavy atom. The van der Waals surface area contributed by atoms with E-state index in [4.69, 9.17) is 0 Å². The molecule has 10 rings (SSSR count). The number of unbranched alkanes of at least 4 members (excludes halogenated alkanes) is 3. The molecule has 0 aliphatic carbocycles. The number of aryl methyl sites for hydroxylation is 1. The van der Waals surface area contributed by atoms with Crippen molar-refractivity contribution in [3.63, 3.8) is 0 Å². The number of aliphatic hydroxyl groups excluding tert-OH is 1. The maximum atomic E-state index is 13.4. The second kappa shape index (κ2) is 29.1. The molecule has 7 aromatic rings. The Kier molecular flexibility index (Phi) is 22.2. The predicted molar refractivity (Wildman–Crippen MR) is 365 cm³/mol. The Morgan fingerprint density at radius 1 is 0.761 bits per heavy atom. The molecule has 3 N–H and O–H groups in total. The Morgan fingerprint density at radius 3 is 2.13 bits per heavy atom. The number of likely N-dealkylation sites (N-methyl/N-ethyl adjacent to an activating group) is 2. The molecule has 0 spiro atoms. The van der Waals surface area contributed by atoms with E-state index in [9.17, 15) is 47.9 Å². The SMILES string of the molecule is C=C(O)CCCCCN1/C(=C/C=C/c2sc3cc(S(=O)(=O)N(C)C)ccc3[n+]2CCCCS(=O)(=O)[O-])C(C)(C)c2cc(S(=O)(=O)[O-])ccc21.CN1C(=Cc2cc([NH+](C)CC[NH+](C)C)[n+](-c3ccccc3)c3ccccc23)Sc2cc(S(=O)(=O)N3CCCCC3)ccc21. The van der Waals surface area contributed by atoms with Gasteiger partial charge in [-0.2, -0.15) is 8.87 Å². The van der Waals surface area contributed by atoms with Crippen LogP contribution in [0.1, 0.15) is 87.8 Å². The highest BCUT2D eigenvalue weighted by atomic mass is 32.2. The number of para-hydroxylation sites is 2. The number of piperidine rings is 1. The summed E-state index contributed by atoms with van der Waals surface area (Å²) in [5.41, 5.74) is 6.94. The number of benzene rings is 5. The average Bonchev–Trinajstić information content (AvgIpc) is 1.56. The highest BCUT2D eigenvalue weighted by Crippen LogP contribution is 2.49. The van der Waals surface area contributed by atoms with Crippen molar-refractivity contribution >= 4 is 114 Å². The van der Waals surface area contributed by atoms with Crippen molar-refractivity contribution in [3.8, 4) is 5.69 Å². The van der Waals surface area contributed by atoms with Crippen molar-refractivity contribution in [1.82, 2.24) is 8.61 Å². The third-order valence-electron chi connectivity index (χ3n) is 17.0. The predicted octanol–water partition coefficient (Wildman–Crippen LogP) is 8.12. The van der Waals surface area contributed by atoms with Crippen molar-refractivity contribution in [2.45, 2.75) is 103 Å². The standard InChI is InChI=1S/C34H40N5O2S2.C33H43N3O9S4/c1-35(2)21-22-36(3)33-23-26(29-15-9-10-16-30(29)39(33)27-13-7-5-8-14-27)24-34-37(4)31-18-17-28(25-32(31)42-34)43(40,41)38-19-11-6-12-20-38;1-24(37)12-7-6-8-19-35-28-17-16-26(49(43,44)45)22-27(28)33(2,3)31(35)13-11-14-32-36(20-9-10-21-47(38,39)40)29-18-15-25(23-30(29)46-32)48(41,42)34(4)5/h5,7-10,13-18,23-25H,6,11-12,19-22H2,1-4H3;11,13-18,22-23H,1,6-10,12,19-21H2,2-5H3,(H2-,37,38,39,40,43,44,45)/q+1;/p+1. The smallest absolute Gasteiger partial charge is 0.374 e. The van der Waals surface area contributed by atoms with Gasteiger partial charge >= 0.3 is 5.82 Å². The van der Waals surface area contributed by atoms with Crippen LogP contribution in [-0.2, 0) is 52.2 Å². The number of aliphatic hydroxyl groups is 1. The summed E-state index contributed by atoms with van der Waals surface area (Å²) in [7, 11) is -4.58. The minimum Gasteiger partial charge on any atom is -0.748 e. The summed E-state index contributed by atoms with van der Waals surface area (Å²) in [6, 6.07) is 36.4. The zero-order valence-corrected chi connectivity index (χ0v) is 58.4. The molecule has 5 aromatic carbocycles. The fourth-order valence-corrected chi connectivity index (χ4v) is 17.9. The van der Waals surface area contributed by atoms with Gasteiger partial charge in [0.2, 0.25) is 36.8 Å². The number of nitrogens with one attached hydrogen (secondary N) is 2. The number of hydrogen-bond donors (Lipinski definition) is 3. The highest BCUT2D eigenvalue weighted by molar-refractivity contribution is 8.04. The van der Waals surface area contributed by atoms with Crippen LogP contribution >= 0.6 is 23.1 Å². The summed E-state index contributed by atoms with van der Waals surface area (Å²) in [5.74, 6) is 0.860. The Hall–Kier alpha value is -6.33. The number of nitrogens with zero attached hydrogens (tertiary/aromatic N) is 6. The number of rotatable bonds is 24. The molecule has 1 fully saturated rings. The van der Waals surface area contributed by atoms with Crippen molar-refractivity contribution in [2.75, 3.05) is 90.6 Å². The number of aromatic nitrogens is 2. The monoisotopic (exact) mass is 1370 g/mol. The fourth-order valence-electron chi connectivity index (χ4n) is 11.9. The Labute approximate surface area is 551 Å². The van der Waals surface area contributed by atoms with Gasteiger partial charge in [0.05, 0.1) is 73.9 Å². The Bertz CT molecular complexity index is 4450. The van der Waals surface area contributed by atoms with Gasteiger partial charge in [-0.25, -0.2) is 42.9 Å². The molecule has 1 unspecified atom stereocenters. The highest BCUT2D eigenvalue weighted by Gasteiger charge is 2.40. The molecule has 92 heavy (non-hydrogen) atoms. The number of hydrogen-bond acceptors (Lipinski definition) is 15. The van der Waals surface area contributed by atoms with E-state index in [1.807, 2.05) is 48.8 Å². The molecular weight excluding hydrogens is 1290 g/mol. The van der Waals surface area contributed by atoms with Gasteiger partial charge in [-0.05, 0) is 104 Å². The number of allylic oxidation sites excluding steroid dienone is 4. The molecule has 1 atom stereocenters. The van der Waals surface area contributed by atoms with Crippen molar-refractivity contribution in [1.29, 1.82) is 0 Å². The zero-order chi connectivity index (χ0) is 66.5. The van der Waals surface area contributed by atoms with E-state index in [0.29, 0.717) is 54.2 Å². The molecule has 1 saturated heterocycles. The number of quaternary nitrogens is 2. The van der Waals surface area contributed by atoms with Gasteiger partial charge in [-0.1, -0.05) is 92.8 Å². The molecule has 3 aliphatic rings. The second-order valence-corrected chi connectivity index (χ2v) is 33.7. The van der Waals surface area contributed by atoms with Gasteiger partial charge in [0.25, 0.3) is 5.01 Å². The fraction of sp³-hybridized carbons (Fsp3) is 0.373. The van der Waals surface area contributed by atoms with Gasteiger partial charge < -0.3 is 28.9 Å². The summed E-state index contributed by atoms with van der Waals surface area (Å²) in [4.78, 5) is 8.26. The largest absolute Gasteiger partial charge is 0.748 e. The molecule has 0 amide bonds. The van der Waals surface area contributed by atoms with Gasteiger partial charge in [0.15, 0.2) is 6.54 Å². The van der Waals surface area contributed by atoms with E-state index in [0.717, 1.165) is 110 Å². The number of pyridine rings is 1. The number of sulfonamides is 2. The summed E-state index contributed by atoms with van der Waals surface area (Å²) < 4.78 is 130. The lowest BCUT2D eigenvalue weighted by Crippen LogP contribution is -3.14. The van der Waals surface area contributed by atoms with Crippen molar-refractivity contribution in [2.24, 2.45) is 0 Å². The van der Waals surface area contributed by atoms with Crippen LogP contribution in [0, 0.1) is 0 Å². The molecule has 0 saturated carbocycles. The van der Waals surface area contributed by atoms with Gasteiger partial charge in [0.1, 0.15) is 27.9 Å². The lowest BCUT2D eigenvalue weighted by Gasteiger charge is -2.27. The third kappa shape index (κ3) is 16.1. The first-order valence-electron chi connectivity index (χ1n) is 30.9. The van der Waals surface area contributed by atoms with E-state index < -0.39 is 51.5 Å². The molecule has 3 aliphatic heterocycles. The van der Waals surface area contributed by atoms with Crippen LogP contribution < -0.4 is 28.7 Å². The van der Waals surface area contributed by atoms with E-state index >= 15 is 0 Å². The van der Waals surface area contributed by atoms with Gasteiger partial charge in [-0.15, -0.1) is 4.57 Å². The second-order valence-electron chi connectivity index (χ2n) is 24.6. The molecule has 0 bridgehead atoms. The summed E-state index contributed by atoms with van der Waals surface area (Å²) in [6.45, 7) is 11.7. The molecule has 25 heteroatoms. The Balaban J connectivity index is 0.000000219. The lowest BCUT2D eigenvalue weighted by atomic mass is 9.83. The first-order chi connectivity index (χ1) is 43.5. The summed E-state index contributed by atoms with van der Waals surface area (Å²) in [5, 5.41) is 12.5.